The lowest BCUT2D eigenvalue weighted by Crippen LogP contribution is -2.22. The van der Waals surface area contributed by atoms with Gasteiger partial charge in [0.1, 0.15) is 5.75 Å². The first-order chi connectivity index (χ1) is 6.65. The Labute approximate surface area is 86.1 Å². The molecule has 0 aromatic heterocycles. The summed E-state index contributed by atoms with van der Waals surface area (Å²) >= 11 is 0. The fourth-order valence-corrected chi connectivity index (χ4v) is 1.36. The van der Waals surface area contributed by atoms with Crippen LogP contribution in [-0.2, 0) is 0 Å². The maximum Gasteiger partial charge on any atom is 0.119 e. The minimum Gasteiger partial charge on any atom is -0.494 e. The zero-order valence-corrected chi connectivity index (χ0v) is 9.16. The van der Waals surface area contributed by atoms with E-state index in [0.29, 0.717) is 12.5 Å². The van der Waals surface area contributed by atoms with Gasteiger partial charge >= 0.3 is 0 Å². The molecule has 2 N–H and O–H groups in total. The molecule has 0 amide bonds. The highest BCUT2D eigenvalue weighted by Crippen LogP contribution is 2.22. The molecule has 0 saturated carbocycles. The third-order valence-electron chi connectivity index (χ3n) is 2.48. The monoisotopic (exact) mass is 193 g/mol. The lowest BCUT2D eigenvalue weighted by Gasteiger charge is -2.16. The summed E-state index contributed by atoms with van der Waals surface area (Å²) in [7, 11) is 0. The molecule has 0 fully saturated rings. The van der Waals surface area contributed by atoms with E-state index >= 15 is 0 Å². The smallest absolute Gasteiger partial charge is 0.119 e. The number of ether oxygens (including phenoxy) is 1. The van der Waals surface area contributed by atoms with Crippen molar-refractivity contribution >= 4 is 0 Å². The highest BCUT2D eigenvalue weighted by Gasteiger charge is 2.10. The number of hydrogen-bond acceptors (Lipinski definition) is 2. The van der Waals surface area contributed by atoms with Gasteiger partial charge in [-0.15, -0.1) is 0 Å². The summed E-state index contributed by atoms with van der Waals surface area (Å²) in [6.07, 6.45) is 0. The van der Waals surface area contributed by atoms with Gasteiger partial charge in [-0.2, -0.15) is 0 Å². The van der Waals surface area contributed by atoms with Crippen LogP contribution in [0.3, 0.4) is 0 Å². The number of rotatable bonds is 4. The van der Waals surface area contributed by atoms with Gasteiger partial charge in [-0.05, 0) is 37.5 Å². The summed E-state index contributed by atoms with van der Waals surface area (Å²) in [6.45, 7) is 6.85. The van der Waals surface area contributed by atoms with E-state index in [-0.39, 0.29) is 6.04 Å². The van der Waals surface area contributed by atoms with Crippen LogP contribution in [0, 0.1) is 0 Å². The van der Waals surface area contributed by atoms with Crippen molar-refractivity contribution in [1.82, 2.24) is 0 Å². The van der Waals surface area contributed by atoms with Crippen molar-refractivity contribution in [3.63, 3.8) is 0 Å². The average molecular weight is 193 g/mol. The van der Waals surface area contributed by atoms with Crippen LogP contribution in [0.2, 0.25) is 0 Å². The SMILES string of the molecule is CCOc1cccc(C(C)C(C)N)c1. The second-order valence-corrected chi connectivity index (χ2v) is 3.65. The summed E-state index contributed by atoms with van der Waals surface area (Å²) in [5, 5.41) is 0. The molecule has 0 aliphatic heterocycles. The Hall–Kier alpha value is -1.02. The zero-order chi connectivity index (χ0) is 10.6. The second kappa shape index (κ2) is 5.01. The van der Waals surface area contributed by atoms with Gasteiger partial charge in [0.15, 0.2) is 0 Å². The molecule has 14 heavy (non-hydrogen) atoms. The largest absolute Gasteiger partial charge is 0.494 e. The third-order valence-corrected chi connectivity index (χ3v) is 2.48. The van der Waals surface area contributed by atoms with Crippen molar-refractivity contribution in [1.29, 1.82) is 0 Å². The van der Waals surface area contributed by atoms with Crippen molar-refractivity contribution in [2.75, 3.05) is 6.61 Å². The molecule has 0 bridgehead atoms. The molecule has 1 aromatic carbocycles. The number of nitrogens with two attached hydrogens (primary N) is 1. The van der Waals surface area contributed by atoms with Crippen LogP contribution < -0.4 is 10.5 Å². The Balaban J connectivity index is 2.82. The van der Waals surface area contributed by atoms with Crippen molar-refractivity contribution in [3.05, 3.63) is 29.8 Å². The first-order valence-corrected chi connectivity index (χ1v) is 5.13. The first-order valence-electron chi connectivity index (χ1n) is 5.13. The highest BCUT2D eigenvalue weighted by atomic mass is 16.5. The van der Waals surface area contributed by atoms with Gasteiger partial charge < -0.3 is 10.5 Å². The van der Waals surface area contributed by atoms with Gasteiger partial charge in [-0.3, -0.25) is 0 Å². The molecule has 2 nitrogen and oxygen atoms in total. The Morgan fingerprint density at radius 3 is 2.64 bits per heavy atom. The molecule has 2 heteroatoms. The maximum atomic E-state index is 5.85. The lowest BCUT2D eigenvalue weighted by atomic mass is 9.95. The van der Waals surface area contributed by atoms with Crippen molar-refractivity contribution in [2.45, 2.75) is 32.7 Å². The minimum atomic E-state index is 0.173. The van der Waals surface area contributed by atoms with Gasteiger partial charge in [0, 0.05) is 6.04 Å². The highest BCUT2D eigenvalue weighted by molar-refractivity contribution is 5.31. The van der Waals surface area contributed by atoms with E-state index in [1.807, 2.05) is 26.0 Å². The van der Waals surface area contributed by atoms with E-state index in [4.69, 9.17) is 10.5 Å². The van der Waals surface area contributed by atoms with E-state index in [1.165, 1.54) is 5.56 Å². The molecule has 1 rings (SSSR count). The standard InChI is InChI=1S/C12H19NO/c1-4-14-12-7-5-6-11(8-12)9(2)10(3)13/h5-10H,4,13H2,1-3H3. The molecular weight excluding hydrogens is 174 g/mol. The molecule has 0 aliphatic rings. The molecule has 78 valence electrons. The predicted molar refractivity (Wildman–Crippen MR) is 59.7 cm³/mol. The number of hydrogen-bond donors (Lipinski definition) is 1. The third kappa shape index (κ3) is 2.74. The van der Waals surface area contributed by atoms with Crippen molar-refractivity contribution in [2.24, 2.45) is 5.73 Å². The first kappa shape index (κ1) is 11.1. The molecule has 0 aliphatic carbocycles. The fourth-order valence-electron chi connectivity index (χ4n) is 1.36. The van der Waals surface area contributed by atoms with Gasteiger partial charge in [-0.1, -0.05) is 19.1 Å². The van der Waals surface area contributed by atoms with Crippen molar-refractivity contribution < 1.29 is 4.74 Å². The van der Waals surface area contributed by atoms with Crippen LogP contribution in [-0.4, -0.2) is 12.6 Å². The molecular formula is C12H19NO. The van der Waals surface area contributed by atoms with E-state index in [0.717, 1.165) is 5.75 Å². The summed E-state index contributed by atoms with van der Waals surface area (Å²) in [4.78, 5) is 0. The second-order valence-electron chi connectivity index (χ2n) is 3.65. The Bertz CT molecular complexity index is 283. The van der Waals surface area contributed by atoms with Gasteiger partial charge in [-0.25, -0.2) is 0 Å². The molecule has 1 aromatic rings. The average Bonchev–Trinajstić information content (AvgIpc) is 2.17. The summed E-state index contributed by atoms with van der Waals surface area (Å²) in [5.41, 5.74) is 7.09. The van der Waals surface area contributed by atoms with E-state index < -0.39 is 0 Å². The molecule has 0 radical (unpaired) electrons. The quantitative estimate of drug-likeness (QED) is 0.797. The molecule has 2 atom stereocenters. The van der Waals surface area contributed by atoms with E-state index in [2.05, 4.69) is 19.1 Å². The van der Waals surface area contributed by atoms with Crippen LogP contribution >= 0.6 is 0 Å². The van der Waals surface area contributed by atoms with Gasteiger partial charge in [0.25, 0.3) is 0 Å². The molecule has 2 unspecified atom stereocenters. The summed E-state index contributed by atoms with van der Waals surface area (Å²) < 4.78 is 5.44. The van der Waals surface area contributed by atoms with Crippen LogP contribution in [0.15, 0.2) is 24.3 Å². The molecule has 0 spiro atoms. The minimum absolute atomic E-state index is 0.173. The summed E-state index contributed by atoms with van der Waals surface area (Å²) in [5.74, 6) is 1.30. The number of benzene rings is 1. The van der Waals surface area contributed by atoms with Gasteiger partial charge in [0.2, 0.25) is 0 Å². The Morgan fingerprint density at radius 1 is 1.36 bits per heavy atom. The maximum absolute atomic E-state index is 5.85. The van der Waals surface area contributed by atoms with Crippen LogP contribution in [0.25, 0.3) is 0 Å². The zero-order valence-electron chi connectivity index (χ0n) is 9.16. The molecule has 0 saturated heterocycles. The topological polar surface area (TPSA) is 35.2 Å². The van der Waals surface area contributed by atoms with Crippen molar-refractivity contribution in [3.8, 4) is 5.75 Å². The normalized spacial score (nSPS) is 14.9. The van der Waals surface area contributed by atoms with E-state index in [1.54, 1.807) is 0 Å². The predicted octanol–water partition coefficient (Wildman–Crippen LogP) is 2.54. The molecule has 0 heterocycles. The van der Waals surface area contributed by atoms with Crippen LogP contribution in [0.5, 0.6) is 5.75 Å². The van der Waals surface area contributed by atoms with Crippen LogP contribution in [0.1, 0.15) is 32.3 Å². The Morgan fingerprint density at radius 2 is 2.07 bits per heavy atom. The van der Waals surface area contributed by atoms with Crippen LogP contribution in [0.4, 0.5) is 0 Å². The fraction of sp³-hybridized carbons (Fsp3) is 0.500. The van der Waals surface area contributed by atoms with E-state index in [9.17, 15) is 0 Å². The van der Waals surface area contributed by atoms with Gasteiger partial charge in [0.05, 0.1) is 6.61 Å². The Kier molecular flexibility index (Phi) is 3.96. The lowest BCUT2D eigenvalue weighted by molar-refractivity contribution is 0.339. The summed E-state index contributed by atoms with van der Waals surface area (Å²) in [6, 6.07) is 8.32.